The van der Waals surface area contributed by atoms with Gasteiger partial charge in [-0.15, -0.1) is 0 Å². The molecule has 1 aromatic heterocycles. The maximum atomic E-state index is 12.1. The van der Waals surface area contributed by atoms with E-state index in [9.17, 15) is 9.59 Å². The Hall–Kier alpha value is -1.66. The van der Waals surface area contributed by atoms with E-state index in [1.54, 1.807) is 6.07 Å². The lowest BCUT2D eigenvalue weighted by Crippen LogP contribution is -2.48. The number of rotatable bonds is 2. The summed E-state index contributed by atoms with van der Waals surface area (Å²) in [5.41, 5.74) is 0.241. The van der Waals surface area contributed by atoms with Crippen LogP contribution in [-0.2, 0) is 9.53 Å². The first-order valence-corrected chi connectivity index (χ1v) is 5.71. The third kappa shape index (κ3) is 2.77. The summed E-state index contributed by atoms with van der Waals surface area (Å²) in [6, 6.07) is 3.08. The minimum Gasteiger partial charge on any atom is -0.479 e. The third-order valence-corrected chi connectivity index (χ3v) is 2.80. The molecule has 1 N–H and O–H groups in total. The van der Waals surface area contributed by atoms with Crippen molar-refractivity contribution in [2.45, 2.75) is 6.10 Å². The van der Waals surface area contributed by atoms with Crippen molar-refractivity contribution in [3.63, 3.8) is 0 Å². The van der Waals surface area contributed by atoms with Gasteiger partial charge in [0, 0.05) is 12.7 Å². The van der Waals surface area contributed by atoms with Crippen LogP contribution in [0.3, 0.4) is 0 Å². The van der Waals surface area contributed by atoms with Gasteiger partial charge in [-0.05, 0) is 12.1 Å². The third-order valence-electron chi connectivity index (χ3n) is 2.58. The first-order valence-electron chi connectivity index (χ1n) is 5.33. The number of hydrogen-bond donors (Lipinski definition) is 1. The second-order valence-corrected chi connectivity index (χ2v) is 4.25. The summed E-state index contributed by atoms with van der Waals surface area (Å²) in [7, 11) is 0. The normalized spacial score (nSPS) is 19.6. The molecule has 0 bridgehead atoms. The standard InChI is InChI=1S/C11H11ClN2O4/c12-7-1-2-8(13-5-7)10(15)14-3-4-18-9(6-14)11(16)17/h1-2,5,9H,3-4,6H2,(H,16,17). The predicted octanol–water partition coefficient (Wildman–Crippen LogP) is 0.661. The number of morpholine rings is 1. The molecule has 18 heavy (non-hydrogen) atoms. The molecule has 1 atom stereocenters. The number of ether oxygens (including phenoxy) is 1. The van der Waals surface area contributed by atoms with Gasteiger partial charge in [-0.25, -0.2) is 9.78 Å². The summed E-state index contributed by atoms with van der Waals surface area (Å²) in [4.78, 5) is 28.2. The second kappa shape index (κ2) is 5.32. The highest BCUT2D eigenvalue weighted by Gasteiger charge is 2.29. The summed E-state index contributed by atoms with van der Waals surface area (Å²) in [5.74, 6) is -1.39. The number of halogens is 1. The molecule has 96 valence electrons. The van der Waals surface area contributed by atoms with Crippen molar-refractivity contribution < 1.29 is 19.4 Å². The molecule has 1 amide bonds. The Morgan fingerprint density at radius 3 is 2.89 bits per heavy atom. The first-order chi connectivity index (χ1) is 8.58. The summed E-state index contributed by atoms with van der Waals surface area (Å²) in [5, 5.41) is 9.29. The molecule has 2 heterocycles. The van der Waals surface area contributed by atoms with Gasteiger partial charge in [0.05, 0.1) is 18.2 Å². The lowest BCUT2D eigenvalue weighted by atomic mass is 10.2. The van der Waals surface area contributed by atoms with Crippen LogP contribution in [-0.4, -0.2) is 52.7 Å². The maximum absolute atomic E-state index is 12.1. The van der Waals surface area contributed by atoms with E-state index < -0.39 is 12.1 Å². The Balaban J connectivity index is 2.09. The molecule has 1 saturated heterocycles. The number of amides is 1. The fourth-order valence-electron chi connectivity index (χ4n) is 1.65. The largest absolute Gasteiger partial charge is 0.479 e. The van der Waals surface area contributed by atoms with Gasteiger partial charge in [0.25, 0.3) is 5.91 Å². The highest BCUT2D eigenvalue weighted by Crippen LogP contribution is 2.11. The SMILES string of the molecule is O=C(O)C1CN(C(=O)c2ccc(Cl)cn2)CCO1. The minimum absolute atomic E-state index is 0.0263. The lowest BCUT2D eigenvalue weighted by Gasteiger charge is -2.30. The zero-order chi connectivity index (χ0) is 13.1. The van der Waals surface area contributed by atoms with E-state index in [-0.39, 0.29) is 24.8 Å². The molecular formula is C11H11ClN2O4. The second-order valence-electron chi connectivity index (χ2n) is 3.81. The van der Waals surface area contributed by atoms with Crippen LogP contribution in [0, 0.1) is 0 Å². The number of aliphatic carboxylic acids is 1. The summed E-state index contributed by atoms with van der Waals surface area (Å²) in [6.07, 6.45) is 0.402. The van der Waals surface area contributed by atoms with Gasteiger partial charge < -0.3 is 14.7 Å². The molecule has 2 rings (SSSR count). The van der Waals surface area contributed by atoms with Crippen LogP contribution in [0.2, 0.25) is 5.02 Å². The Morgan fingerprint density at radius 1 is 1.50 bits per heavy atom. The van der Waals surface area contributed by atoms with Crippen LogP contribution >= 0.6 is 11.6 Å². The van der Waals surface area contributed by atoms with Crippen LogP contribution < -0.4 is 0 Å². The quantitative estimate of drug-likeness (QED) is 0.854. The number of aromatic nitrogens is 1. The molecule has 0 aliphatic carbocycles. The van der Waals surface area contributed by atoms with Crippen LogP contribution in [0.25, 0.3) is 0 Å². The number of nitrogens with zero attached hydrogens (tertiary/aromatic N) is 2. The van der Waals surface area contributed by atoms with E-state index in [4.69, 9.17) is 21.4 Å². The smallest absolute Gasteiger partial charge is 0.334 e. The van der Waals surface area contributed by atoms with Gasteiger partial charge >= 0.3 is 5.97 Å². The Morgan fingerprint density at radius 2 is 2.28 bits per heavy atom. The van der Waals surface area contributed by atoms with Gasteiger partial charge in [-0.3, -0.25) is 4.79 Å². The minimum atomic E-state index is -1.07. The average Bonchev–Trinajstić information content (AvgIpc) is 2.39. The van der Waals surface area contributed by atoms with E-state index in [1.807, 2.05) is 0 Å². The number of carboxylic acids is 1. The predicted molar refractivity (Wildman–Crippen MR) is 62.5 cm³/mol. The molecule has 0 spiro atoms. The average molecular weight is 271 g/mol. The Labute approximate surface area is 108 Å². The number of carbonyl (C=O) groups excluding carboxylic acids is 1. The highest BCUT2D eigenvalue weighted by atomic mass is 35.5. The zero-order valence-electron chi connectivity index (χ0n) is 9.38. The van der Waals surface area contributed by atoms with Crippen LogP contribution in [0.4, 0.5) is 0 Å². The fraction of sp³-hybridized carbons (Fsp3) is 0.364. The van der Waals surface area contributed by atoms with Gasteiger partial charge in [-0.1, -0.05) is 11.6 Å². The van der Waals surface area contributed by atoms with Crippen LogP contribution in [0.5, 0.6) is 0 Å². The molecule has 0 radical (unpaired) electrons. The number of hydrogen-bond acceptors (Lipinski definition) is 4. The van der Waals surface area contributed by atoms with Gasteiger partial charge in [0.15, 0.2) is 6.10 Å². The van der Waals surface area contributed by atoms with Crippen molar-refractivity contribution >= 4 is 23.5 Å². The number of carboxylic acid groups (broad SMARTS) is 1. The van der Waals surface area contributed by atoms with Crippen molar-refractivity contribution in [2.75, 3.05) is 19.7 Å². The van der Waals surface area contributed by atoms with E-state index in [0.717, 1.165) is 0 Å². The molecule has 1 unspecified atom stereocenters. The number of carbonyl (C=O) groups is 2. The molecule has 1 aliphatic rings. The van der Waals surface area contributed by atoms with Gasteiger partial charge in [0.2, 0.25) is 0 Å². The summed E-state index contributed by atoms with van der Waals surface area (Å²) < 4.78 is 5.04. The highest BCUT2D eigenvalue weighted by molar-refractivity contribution is 6.30. The summed E-state index contributed by atoms with van der Waals surface area (Å²) in [6.45, 7) is 0.585. The molecule has 0 aromatic carbocycles. The fourth-order valence-corrected chi connectivity index (χ4v) is 1.76. The van der Waals surface area contributed by atoms with Crippen molar-refractivity contribution in [2.24, 2.45) is 0 Å². The van der Waals surface area contributed by atoms with E-state index in [2.05, 4.69) is 4.98 Å². The maximum Gasteiger partial charge on any atom is 0.334 e. The van der Waals surface area contributed by atoms with Crippen molar-refractivity contribution in [3.05, 3.63) is 29.0 Å². The van der Waals surface area contributed by atoms with E-state index >= 15 is 0 Å². The van der Waals surface area contributed by atoms with E-state index in [1.165, 1.54) is 17.2 Å². The van der Waals surface area contributed by atoms with Crippen molar-refractivity contribution in [1.29, 1.82) is 0 Å². The zero-order valence-corrected chi connectivity index (χ0v) is 10.1. The molecule has 0 saturated carbocycles. The monoisotopic (exact) mass is 270 g/mol. The Bertz CT molecular complexity index is 463. The molecule has 6 nitrogen and oxygen atoms in total. The summed E-state index contributed by atoms with van der Waals surface area (Å²) >= 11 is 5.68. The van der Waals surface area contributed by atoms with Gasteiger partial charge in [0.1, 0.15) is 5.69 Å². The molecule has 1 aliphatic heterocycles. The van der Waals surface area contributed by atoms with Crippen molar-refractivity contribution in [3.8, 4) is 0 Å². The molecule has 1 aromatic rings. The molecular weight excluding hydrogens is 260 g/mol. The topological polar surface area (TPSA) is 79.7 Å². The van der Waals surface area contributed by atoms with Crippen molar-refractivity contribution in [1.82, 2.24) is 9.88 Å². The van der Waals surface area contributed by atoms with Crippen LogP contribution in [0.15, 0.2) is 18.3 Å². The molecule has 7 heteroatoms. The first kappa shape index (κ1) is 12.8. The number of pyridine rings is 1. The lowest BCUT2D eigenvalue weighted by molar-refractivity contribution is -0.154. The Kier molecular flexibility index (Phi) is 3.78. The van der Waals surface area contributed by atoms with Gasteiger partial charge in [-0.2, -0.15) is 0 Å². The van der Waals surface area contributed by atoms with E-state index in [0.29, 0.717) is 11.6 Å². The molecule has 1 fully saturated rings. The van der Waals surface area contributed by atoms with Crippen LogP contribution in [0.1, 0.15) is 10.5 Å².